The van der Waals surface area contributed by atoms with Crippen LogP contribution >= 0.6 is 12.4 Å². The quantitative estimate of drug-likeness (QED) is 0.773. The number of rotatable bonds is 1. The van der Waals surface area contributed by atoms with Gasteiger partial charge in [0.1, 0.15) is 6.33 Å². The zero-order valence-corrected chi connectivity index (χ0v) is 9.96. The molecule has 1 amide bonds. The number of aromatic nitrogens is 2. The molecule has 0 aromatic carbocycles. The van der Waals surface area contributed by atoms with E-state index in [-0.39, 0.29) is 24.4 Å². The second kappa shape index (κ2) is 4.71. The second-order valence-electron chi connectivity index (χ2n) is 4.00. The highest BCUT2D eigenvalue weighted by molar-refractivity contribution is 5.95. The summed E-state index contributed by atoms with van der Waals surface area (Å²) in [6.45, 7) is 0.723. The number of hydrogen-bond acceptors (Lipinski definition) is 4. The normalized spacial score (nSPS) is 22.4. The lowest BCUT2D eigenvalue weighted by molar-refractivity contribution is -0.117. The zero-order chi connectivity index (χ0) is 11.0. The average molecular weight is 253 g/mol. The lowest BCUT2D eigenvalue weighted by atomic mass is 10.0. The topological polar surface area (TPSA) is 66.9 Å². The SMILES string of the molecule is Cl.O=C1NCCC2=C1CC(c1ccncn1)N2. The van der Waals surface area contributed by atoms with Gasteiger partial charge in [-0.1, -0.05) is 0 Å². The number of carbonyl (C=O) groups excluding carboxylic acids is 1. The molecule has 0 fully saturated rings. The standard InChI is InChI=1S/C11H12N4O.ClH/c16-11-7-5-10(9-1-3-12-6-14-9)15-8(7)2-4-13-11;/h1,3,6,10,15H,2,4-5H2,(H,13,16);1H. The van der Waals surface area contributed by atoms with E-state index in [4.69, 9.17) is 0 Å². The van der Waals surface area contributed by atoms with Gasteiger partial charge in [0.05, 0.1) is 11.7 Å². The van der Waals surface area contributed by atoms with Gasteiger partial charge in [0.15, 0.2) is 0 Å². The van der Waals surface area contributed by atoms with E-state index in [1.165, 1.54) is 6.33 Å². The van der Waals surface area contributed by atoms with E-state index in [0.29, 0.717) is 0 Å². The predicted octanol–water partition coefficient (Wildman–Crippen LogP) is 0.707. The van der Waals surface area contributed by atoms with E-state index in [9.17, 15) is 4.79 Å². The first-order valence-electron chi connectivity index (χ1n) is 5.37. The number of hydrogen-bond donors (Lipinski definition) is 2. The molecule has 0 aliphatic carbocycles. The lowest BCUT2D eigenvalue weighted by Gasteiger charge is -2.14. The van der Waals surface area contributed by atoms with E-state index in [1.807, 2.05) is 6.07 Å². The van der Waals surface area contributed by atoms with Crippen LogP contribution in [-0.2, 0) is 4.79 Å². The Morgan fingerprint density at radius 3 is 3.00 bits per heavy atom. The minimum Gasteiger partial charge on any atom is -0.379 e. The first-order valence-corrected chi connectivity index (χ1v) is 5.37. The molecule has 0 spiro atoms. The number of halogens is 1. The van der Waals surface area contributed by atoms with Gasteiger partial charge in [0, 0.05) is 36.9 Å². The summed E-state index contributed by atoms with van der Waals surface area (Å²) in [4.78, 5) is 19.7. The summed E-state index contributed by atoms with van der Waals surface area (Å²) in [7, 11) is 0. The Kier molecular flexibility index (Phi) is 3.28. The van der Waals surface area contributed by atoms with Crippen molar-refractivity contribution in [2.75, 3.05) is 6.54 Å². The molecule has 3 heterocycles. The molecular weight excluding hydrogens is 240 g/mol. The molecule has 0 saturated carbocycles. The molecule has 0 radical (unpaired) electrons. The monoisotopic (exact) mass is 252 g/mol. The van der Waals surface area contributed by atoms with Gasteiger partial charge < -0.3 is 10.6 Å². The summed E-state index contributed by atoms with van der Waals surface area (Å²) in [6, 6.07) is 2.01. The minimum atomic E-state index is 0. The molecule has 0 bridgehead atoms. The highest BCUT2D eigenvalue weighted by Gasteiger charge is 2.31. The van der Waals surface area contributed by atoms with Crippen LogP contribution in [0.25, 0.3) is 0 Å². The summed E-state index contributed by atoms with van der Waals surface area (Å²) in [5.41, 5.74) is 2.90. The first-order chi connectivity index (χ1) is 7.84. The van der Waals surface area contributed by atoms with Crippen molar-refractivity contribution in [3.8, 4) is 0 Å². The lowest BCUT2D eigenvalue weighted by Crippen LogP contribution is -2.31. The van der Waals surface area contributed by atoms with Crippen LogP contribution in [0.3, 0.4) is 0 Å². The van der Waals surface area contributed by atoms with Crippen LogP contribution in [0, 0.1) is 0 Å². The Hall–Kier alpha value is -1.62. The van der Waals surface area contributed by atoms with Gasteiger partial charge in [0.25, 0.3) is 0 Å². The summed E-state index contributed by atoms with van der Waals surface area (Å²) < 4.78 is 0. The predicted molar refractivity (Wildman–Crippen MR) is 64.4 cm³/mol. The van der Waals surface area contributed by atoms with Crippen molar-refractivity contribution in [3.63, 3.8) is 0 Å². The van der Waals surface area contributed by atoms with E-state index in [1.54, 1.807) is 6.20 Å². The maximum absolute atomic E-state index is 11.6. The smallest absolute Gasteiger partial charge is 0.249 e. The third kappa shape index (κ3) is 2.10. The van der Waals surface area contributed by atoms with Gasteiger partial charge in [-0.05, 0) is 6.07 Å². The maximum atomic E-state index is 11.6. The molecular formula is C11H13ClN4O. The van der Waals surface area contributed by atoms with Gasteiger partial charge >= 0.3 is 0 Å². The van der Waals surface area contributed by atoms with Gasteiger partial charge in [-0.2, -0.15) is 0 Å². The van der Waals surface area contributed by atoms with Gasteiger partial charge in [-0.15, -0.1) is 12.4 Å². The van der Waals surface area contributed by atoms with Crippen molar-refractivity contribution < 1.29 is 4.79 Å². The summed E-state index contributed by atoms with van der Waals surface area (Å²) in [5, 5.41) is 6.22. The molecule has 1 aromatic rings. The number of nitrogens with zero attached hydrogens (tertiary/aromatic N) is 2. The summed E-state index contributed by atoms with van der Waals surface area (Å²) >= 11 is 0. The Labute approximate surface area is 105 Å². The number of amides is 1. The van der Waals surface area contributed by atoms with Crippen LogP contribution < -0.4 is 10.6 Å². The van der Waals surface area contributed by atoms with Crippen molar-refractivity contribution in [3.05, 3.63) is 35.6 Å². The Balaban J connectivity index is 0.00000108. The molecule has 17 heavy (non-hydrogen) atoms. The summed E-state index contributed by atoms with van der Waals surface area (Å²) in [5.74, 6) is 0.0605. The molecule has 0 saturated heterocycles. The fraction of sp³-hybridized carbons (Fsp3) is 0.364. The Morgan fingerprint density at radius 1 is 1.41 bits per heavy atom. The van der Waals surface area contributed by atoms with Crippen molar-refractivity contribution in [1.29, 1.82) is 0 Å². The van der Waals surface area contributed by atoms with Crippen LogP contribution in [0.15, 0.2) is 29.9 Å². The summed E-state index contributed by atoms with van der Waals surface area (Å²) in [6.07, 6.45) is 4.87. The fourth-order valence-corrected chi connectivity index (χ4v) is 2.22. The zero-order valence-electron chi connectivity index (χ0n) is 9.14. The van der Waals surface area contributed by atoms with E-state index < -0.39 is 0 Å². The molecule has 1 aromatic heterocycles. The van der Waals surface area contributed by atoms with Crippen molar-refractivity contribution in [2.24, 2.45) is 0 Å². The number of nitrogens with one attached hydrogen (secondary N) is 2. The third-order valence-electron chi connectivity index (χ3n) is 3.02. The second-order valence-corrected chi connectivity index (χ2v) is 4.00. The highest BCUT2D eigenvalue weighted by atomic mass is 35.5. The van der Waals surface area contributed by atoms with Crippen LogP contribution in [0.4, 0.5) is 0 Å². The van der Waals surface area contributed by atoms with Gasteiger partial charge in [0.2, 0.25) is 5.91 Å². The van der Waals surface area contributed by atoms with Gasteiger partial charge in [-0.3, -0.25) is 4.79 Å². The van der Waals surface area contributed by atoms with E-state index in [0.717, 1.165) is 36.4 Å². The molecule has 1 unspecified atom stereocenters. The van der Waals surface area contributed by atoms with Crippen molar-refractivity contribution in [1.82, 2.24) is 20.6 Å². The highest BCUT2D eigenvalue weighted by Crippen LogP contribution is 2.31. The molecule has 2 aliphatic heterocycles. The van der Waals surface area contributed by atoms with Crippen LogP contribution in [0.5, 0.6) is 0 Å². The van der Waals surface area contributed by atoms with Gasteiger partial charge in [-0.25, -0.2) is 9.97 Å². The van der Waals surface area contributed by atoms with Crippen molar-refractivity contribution >= 4 is 18.3 Å². The number of carbonyl (C=O) groups is 1. The van der Waals surface area contributed by atoms with E-state index >= 15 is 0 Å². The Bertz CT molecular complexity index is 460. The maximum Gasteiger partial charge on any atom is 0.249 e. The molecule has 1 atom stereocenters. The third-order valence-corrected chi connectivity index (χ3v) is 3.02. The largest absolute Gasteiger partial charge is 0.379 e. The first kappa shape index (κ1) is 11.9. The molecule has 5 nitrogen and oxygen atoms in total. The molecule has 2 N–H and O–H groups in total. The van der Waals surface area contributed by atoms with Crippen molar-refractivity contribution in [2.45, 2.75) is 18.9 Å². The molecule has 2 aliphatic rings. The average Bonchev–Trinajstić information content (AvgIpc) is 2.76. The van der Waals surface area contributed by atoms with E-state index in [2.05, 4.69) is 20.6 Å². The van der Waals surface area contributed by atoms with Crippen LogP contribution in [-0.4, -0.2) is 22.4 Å². The minimum absolute atomic E-state index is 0. The Morgan fingerprint density at radius 2 is 2.29 bits per heavy atom. The fourth-order valence-electron chi connectivity index (χ4n) is 2.22. The van der Waals surface area contributed by atoms with Crippen LogP contribution in [0.1, 0.15) is 24.6 Å². The molecule has 6 heteroatoms. The van der Waals surface area contributed by atoms with Crippen LogP contribution in [0.2, 0.25) is 0 Å². The molecule has 3 rings (SSSR count). The molecule has 90 valence electrons.